The van der Waals surface area contributed by atoms with Gasteiger partial charge < -0.3 is 11.1 Å². The van der Waals surface area contributed by atoms with Gasteiger partial charge >= 0.3 is 0 Å². The third-order valence-electron chi connectivity index (χ3n) is 3.19. The van der Waals surface area contributed by atoms with Crippen LogP contribution in [0.3, 0.4) is 0 Å². The van der Waals surface area contributed by atoms with Crippen LogP contribution in [0.5, 0.6) is 0 Å². The fraction of sp³-hybridized carbons (Fsp3) is 0.294. The summed E-state index contributed by atoms with van der Waals surface area (Å²) in [5, 5.41) is 14.8. The third-order valence-corrected chi connectivity index (χ3v) is 4.83. The van der Waals surface area contributed by atoms with Gasteiger partial charge in [0.05, 0.1) is 11.6 Å². The number of thiazole rings is 1. The summed E-state index contributed by atoms with van der Waals surface area (Å²) < 4.78 is 0. The van der Waals surface area contributed by atoms with E-state index in [1.54, 1.807) is 5.51 Å². The van der Waals surface area contributed by atoms with Crippen LogP contribution in [0.25, 0.3) is 10.7 Å². The van der Waals surface area contributed by atoms with E-state index >= 15 is 0 Å². The van der Waals surface area contributed by atoms with Crippen molar-refractivity contribution in [1.82, 2.24) is 20.5 Å². The number of hydrogen-bond acceptors (Lipinski definition) is 7. The number of carbonyl (C=O) groups is 1. The van der Waals surface area contributed by atoms with Crippen LogP contribution in [0.2, 0.25) is 0 Å². The van der Waals surface area contributed by atoms with Crippen LogP contribution < -0.4 is 11.1 Å². The van der Waals surface area contributed by atoms with E-state index in [9.17, 15) is 4.79 Å². The Morgan fingerprint density at radius 1 is 1.24 bits per heavy atom. The Bertz CT molecular complexity index is 784. The second kappa shape index (κ2) is 9.24. The number of anilines is 1. The van der Waals surface area contributed by atoms with E-state index in [1.807, 2.05) is 43.5 Å². The largest absolute Gasteiger partial charge is 0.399 e. The van der Waals surface area contributed by atoms with Gasteiger partial charge in [-0.05, 0) is 24.1 Å². The van der Waals surface area contributed by atoms with Crippen LogP contribution in [0, 0.1) is 0 Å². The summed E-state index contributed by atoms with van der Waals surface area (Å²) >= 11 is 2.96. The average molecular weight is 376 g/mol. The van der Waals surface area contributed by atoms with Gasteiger partial charge in [-0.1, -0.05) is 37.3 Å². The zero-order chi connectivity index (χ0) is 18.2. The number of aromatic nitrogens is 3. The Balaban J connectivity index is 0.00000109. The topological polar surface area (TPSA) is 93.8 Å². The van der Waals surface area contributed by atoms with Crippen LogP contribution >= 0.6 is 22.7 Å². The maximum atomic E-state index is 11.5. The van der Waals surface area contributed by atoms with Crippen molar-refractivity contribution >= 4 is 34.3 Å². The van der Waals surface area contributed by atoms with E-state index in [4.69, 9.17) is 5.73 Å². The van der Waals surface area contributed by atoms with Gasteiger partial charge in [-0.2, -0.15) is 0 Å². The number of benzene rings is 1. The van der Waals surface area contributed by atoms with Crippen molar-refractivity contribution in [2.24, 2.45) is 0 Å². The zero-order valence-corrected chi connectivity index (χ0v) is 16.0. The van der Waals surface area contributed by atoms with Crippen molar-refractivity contribution in [3.8, 4) is 10.7 Å². The Morgan fingerprint density at radius 2 is 1.96 bits per heavy atom. The first-order valence-electron chi connectivity index (χ1n) is 7.95. The van der Waals surface area contributed by atoms with Crippen molar-refractivity contribution in [2.45, 2.75) is 33.2 Å². The molecule has 0 aliphatic rings. The molecule has 132 valence electrons. The highest BCUT2D eigenvalue weighted by Gasteiger charge is 2.19. The second-order valence-corrected chi connectivity index (χ2v) is 6.75. The fourth-order valence-corrected chi connectivity index (χ4v) is 3.61. The highest BCUT2D eigenvalue weighted by molar-refractivity contribution is 7.15. The van der Waals surface area contributed by atoms with Gasteiger partial charge in [-0.15, -0.1) is 21.5 Å². The maximum absolute atomic E-state index is 11.5. The molecule has 1 amide bonds. The highest BCUT2D eigenvalue weighted by Crippen LogP contribution is 2.28. The number of rotatable bonds is 5. The Labute approximate surface area is 155 Å². The summed E-state index contributed by atoms with van der Waals surface area (Å²) in [5.74, 6) is -0.101. The van der Waals surface area contributed by atoms with E-state index in [-0.39, 0.29) is 11.9 Å². The summed E-state index contributed by atoms with van der Waals surface area (Å²) in [6, 6.07) is 7.38. The summed E-state index contributed by atoms with van der Waals surface area (Å²) in [6.07, 6.45) is 0.631. The quantitative estimate of drug-likeness (QED) is 0.663. The molecule has 0 spiro atoms. The molecule has 3 rings (SSSR count). The van der Waals surface area contributed by atoms with Crippen LogP contribution in [0.15, 0.2) is 35.2 Å². The van der Waals surface area contributed by atoms with Gasteiger partial charge in [0.15, 0.2) is 5.01 Å². The van der Waals surface area contributed by atoms with Gasteiger partial charge in [0.1, 0.15) is 10.7 Å². The van der Waals surface area contributed by atoms with Gasteiger partial charge in [0, 0.05) is 18.0 Å². The van der Waals surface area contributed by atoms with Gasteiger partial charge in [0.25, 0.3) is 0 Å². The van der Waals surface area contributed by atoms with Crippen molar-refractivity contribution < 1.29 is 4.79 Å². The molecule has 0 radical (unpaired) electrons. The van der Waals surface area contributed by atoms with E-state index in [2.05, 4.69) is 20.5 Å². The summed E-state index contributed by atoms with van der Waals surface area (Å²) in [7, 11) is 0. The number of hydrogen-bond donors (Lipinski definition) is 2. The van der Waals surface area contributed by atoms with Gasteiger partial charge in [-0.25, -0.2) is 4.98 Å². The van der Waals surface area contributed by atoms with Crippen molar-refractivity contribution in [3.05, 3.63) is 45.7 Å². The molecule has 6 nitrogen and oxygen atoms in total. The minimum Gasteiger partial charge on any atom is -0.399 e. The molecule has 2 heterocycles. The fourth-order valence-electron chi connectivity index (χ4n) is 2.13. The molecule has 25 heavy (non-hydrogen) atoms. The monoisotopic (exact) mass is 375 g/mol. The lowest BCUT2D eigenvalue weighted by Crippen LogP contribution is -2.27. The molecule has 0 aliphatic carbocycles. The Kier molecular flexibility index (Phi) is 7.03. The molecular weight excluding hydrogens is 354 g/mol. The average Bonchev–Trinajstić information content (AvgIpc) is 3.29. The highest BCUT2D eigenvalue weighted by atomic mass is 32.1. The smallest absolute Gasteiger partial charge is 0.217 e. The summed E-state index contributed by atoms with van der Waals surface area (Å²) in [5.41, 5.74) is 10.1. The first-order valence-corrected chi connectivity index (χ1v) is 9.71. The molecule has 1 aromatic carbocycles. The Hall–Kier alpha value is -2.32. The maximum Gasteiger partial charge on any atom is 0.217 e. The molecule has 0 saturated carbocycles. The van der Waals surface area contributed by atoms with Crippen LogP contribution in [0.1, 0.15) is 37.4 Å². The summed E-state index contributed by atoms with van der Waals surface area (Å²) in [4.78, 5) is 15.8. The number of amides is 1. The minimum atomic E-state index is -0.221. The molecule has 1 unspecified atom stereocenters. The van der Waals surface area contributed by atoms with E-state index in [0.717, 1.165) is 21.3 Å². The van der Waals surface area contributed by atoms with Crippen LogP contribution in [0.4, 0.5) is 5.69 Å². The van der Waals surface area contributed by atoms with Crippen molar-refractivity contribution in [2.75, 3.05) is 5.73 Å². The molecule has 1 atom stereocenters. The molecule has 0 bridgehead atoms. The molecular formula is C17H21N5OS2. The lowest BCUT2D eigenvalue weighted by atomic mass is 10.1. The molecule has 3 N–H and O–H groups in total. The predicted molar refractivity (Wildman–Crippen MR) is 103 cm³/mol. The number of nitrogens with one attached hydrogen (secondary N) is 1. The third kappa shape index (κ3) is 5.33. The number of carbonyl (C=O) groups excluding carboxylic acids is 1. The molecule has 2 aromatic heterocycles. The van der Waals surface area contributed by atoms with Crippen LogP contribution in [-0.2, 0) is 11.2 Å². The normalized spacial score (nSPS) is 11.3. The van der Waals surface area contributed by atoms with Crippen molar-refractivity contribution in [1.29, 1.82) is 0 Å². The lowest BCUT2D eigenvalue weighted by Gasteiger charge is -2.15. The zero-order valence-electron chi connectivity index (χ0n) is 14.4. The molecule has 0 aliphatic heterocycles. The minimum absolute atomic E-state index is 0.101. The van der Waals surface area contributed by atoms with Gasteiger partial charge in [-0.3, -0.25) is 4.79 Å². The van der Waals surface area contributed by atoms with E-state index < -0.39 is 0 Å². The Morgan fingerprint density at radius 3 is 2.56 bits per heavy atom. The van der Waals surface area contributed by atoms with Crippen molar-refractivity contribution in [3.63, 3.8) is 0 Å². The SMILES string of the molecule is CC.CC(=O)NC(Cc1ccc(N)cc1)c1nnc(-c2cscn2)s1. The van der Waals surface area contributed by atoms with Gasteiger partial charge in [0.2, 0.25) is 5.91 Å². The molecule has 8 heteroatoms. The lowest BCUT2D eigenvalue weighted by molar-refractivity contribution is -0.119. The van der Waals surface area contributed by atoms with E-state index in [0.29, 0.717) is 12.1 Å². The number of nitrogen functional groups attached to an aromatic ring is 1. The summed E-state index contributed by atoms with van der Waals surface area (Å²) in [6.45, 7) is 5.50. The van der Waals surface area contributed by atoms with Crippen LogP contribution in [-0.4, -0.2) is 21.1 Å². The molecule has 3 aromatic rings. The number of nitrogens with zero attached hydrogens (tertiary/aromatic N) is 3. The second-order valence-electron chi connectivity index (χ2n) is 5.02. The first-order chi connectivity index (χ1) is 12.1. The predicted octanol–water partition coefficient (Wildman–Crippen LogP) is 3.69. The number of nitrogens with two attached hydrogens (primary N) is 1. The molecule has 0 saturated heterocycles. The standard InChI is InChI=1S/C15H15N5OS2.C2H6/c1-9(21)18-12(6-10-2-4-11(16)5-3-10)14-19-20-15(23-14)13-7-22-8-17-13;1-2/h2-5,7-8,12H,6,16H2,1H3,(H,18,21);1-2H3. The first kappa shape index (κ1) is 19.0. The molecule has 0 fully saturated rings. The van der Waals surface area contributed by atoms with E-state index in [1.165, 1.54) is 29.6 Å².